The van der Waals surface area contributed by atoms with E-state index in [1.54, 1.807) is 24.3 Å². The van der Waals surface area contributed by atoms with Gasteiger partial charge >= 0.3 is 5.69 Å². The number of carbonyl (C=O) groups is 2. The zero-order valence-electron chi connectivity index (χ0n) is 18.7. The fourth-order valence-electron chi connectivity index (χ4n) is 3.75. The molecule has 0 aliphatic carbocycles. The number of hydrogen-bond donors (Lipinski definition) is 2. The van der Waals surface area contributed by atoms with E-state index in [9.17, 15) is 23.6 Å². The van der Waals surface area contributed by atoms with Gasteiger partial charge < -0.3 is 10.6 Å². The third-order valence-electron chi connectivity index (χ3n) is 5.46. The van der Waals surface area contributed by atoms with Crippen LogP contribution in [0, 0.1) is 5.82 Å². The van der Waals surface area contributed by atoms with Crippen molar-refractivity contribution in [2.24, 2.45) is 0 Å². The van der Waals surface area contributed by atoms with Crippen LogP contribution in [0.2, 0.25) is 0 Å². The van der Waals surface area contributed by atoms with Crippen LogP contribution in [0.5, 0.6) is 0 Å². The minimum absolute atomic E-state index is 0.0269. The molecular formula is C26H23FN4O4. The van der Waals surface area contributed by atoms with Crippen molar-refractivity contribution in [2.45, 2.75) is 19.5 Å². The molecule has 1 heterocycles. The SMILES string of the molecule is O=C(Cn1c(=O)c2ccccc2n(CC(=O)Nc2ccccc2F)c1=O)NCCc1ccccc1. The van der Waals surface area contributed by atoms with E-state index < -0.39 is 42.0 Å². The number of benzene rings is 3. The molecule has 9 heteroatoms. The molecule has 35 heavy (non-hydrogen) atoms. The number of anilines is 1. The number of amides is 2. The van der Waals surface area contributed by atoms with Gasteiger partial charge in [0.2, 0.25) is 11.8 Å². The van der Waals surface area contributed by atoms with Crippen LogP contribution in [-0.2, 0) is 29.1 Å². The van der Waals surface area contributed by atoms with Gasteiger partial charge in [-0.3, -0.25) is 23.5 Å². The molecule has 4 aromatic rings. The maximum Gasteiger partial charge on any atom is 0.332 e. The highest BCUT2D eigenvalue weighted by atomic mass is 19.1. The van der Waals surface area contributed by atoms with Gasteiger partial charge in [-0.15, -0.1) is 0 Å². The molecule has 0 atom stereocenters. The molecule has 0 saturated heterocycles. The Kier molecular flexibility index (Phi) is 7.15. The maximum absolute atomic E-state index is 13.9. The minimum atomic E-state index is -0.810. The Morgan fingerprint density at radius 2 is 1.43 bits per heavy atom. The van der Waals surface area contributed by atoms with E-state index in [1.807, 2.05) is 30.3 Å². The number of para-hydroxylation sites is 2. The topological polar surface area (TPSA) is 102 Å². The number of carbonyl (C=O) groups excluding carboxylic acids is 2. The first-order chi connectivity index (χ1) is 16.9. The molecule has 0 aliphatic rings. The summed E-state index contributed by atoms with van der Waals surface area (Å²) in [6, 6.07) is 21.5. The third-order valence-corrected chi connectivity index (χ3v) is 5.46. The molecule has 0 fully saturated rings. The van der Waals surface area contributed by atoms with Gasteiger partial charge in [-0.25, -0.2) is 9.18 Å². The number of nitrogens with one attached hydrogen (secondary N) is 2. The van der Waals surface area contributed by atoms with Gasteiger partial charge in [-0.1, -0.05) is 54.6 Å². The van der Waals surface area contributed by atoms with Crippen molar-refractivity contribution in [3.8, 4) is 0 Å². The number of fused-ring (bicyclic) bond motifs is 1. The average molecular weight is 474 g/mol. The third kappa shape index (κ3) is 5.52. The van der Waals surface area contributed by atoms with Gasteiger partial charge in [0.15, 0.2) is 0 Å². The van der Waals surface area contributed by atoms with Crippen LogP contribution in [0.25, 0.3) is 10.9 Å². The van der Waals surface area contributed by atoms with E-state index >= 15 is 0 Å². The van der Waals surface area contributed by atoms with Crippen molar-refractivity contribution < 1.29 is 14.0 Å². The number of rotatable bonds is 8. The lowest BCUT2D eigenvalue weighted by atomic mass is 10.1. The van der Waals surface area contributed by atoms with Crippen molar-refractivity contribution in [2.75, 3.05) is 11.9 Å². The van der Waals surface area contributed by atoms with Crippen molar-refractivity contribution in [1.29, 1.82) is 0 Å². The normalized spacial score (nSPS) is 10.8. The second-order valence-electron chi connectivity index (χ2n) is 7.89. The zero-order chi connectivity index (χ0) is 24.8. The molecule has 178 valence electrons. The molecule has 3 aromatic carbocycles. The predicted octanol–water partition coefficient (Wildman–Crippen LogP) is 2.30. The number of nitrogens with zero attached hydrogens (tertiary/aromatic N) is 2. The van der Waals surface area contributed by atoms with E-state index in [2.05, 4.69) is 10.6 Å². The summed E-state index contributed by atoms with van der Waals surface area (Å²) in [6.45, 7) is -0.625. The van der Waals surface area contributed by atoms with Crippen LogP contribution in [0.3, 0.4) is 0 Å². The molecule has 0 spiro atoms. The zero-order valence-corrected chi connectivity index (χ0v) is 18.7. The first-order valence-corrected chi connectivity index (χ1v) is 11.0. The lowest BCUT2D eigenvalue weighted by Crippen LogP contribution is -2.45. The Morgan fingerprint density at radius 3 is 2.20 bits per heavy atom. The number of hydrogen-bond acceptors (Lipinski definition) is 4. The van der Waals surface area contributed by atoms with Crippen molar-refractivity contribution in [3.05, 3.63) is 111 Å². The molecule has 0 saturated carbocycles. The Bertz CT molecular complexity index is 1500. The summed E-state index contributed by atoms with van der Waals surface area (Å²) in [6.07, 6.45) is 0.597. The van der Waals surface area contributed by atoms with Crippen molar-refractivity contribution in [3.63, 3.8) is 0 Å². The number of aromatic nitrogens is 2. The highest BCUT2D eigenvalue weighted by Crippen LogP contribution is 2.13. The summed E-state index contributed by atoms with van der Waals surface area (Å²) in [5.74, 6) is -1.77. The summed E-state index contributed by atoms with van der Waals surface area (Å²) in [5, 5.41) is 5.33. The molecule has 2 N–H and O–H groups in total. The predicted molar refractivity (Wildman–Crippen MR) is 131 cm³/mol. The highest BCUT2D eigenvalue weighted by molar-refractivity contribution is 5.91. The van der Waals surface area contributed by atoms with Crippen LogP contribution in [0.4, 0.5) is 10.1 Å². The largest absolute Gasteiger partial charge is 0.354 e. The van der Waals surface area contributed by atoms with Gasteiger partial charge in [0.1, 0.15) is 18.9 Å². The van der Waals surface area contributed by atoms with Crippen LogP contribution in [0.15, 0.2) is 88.5 Å². The molecule has 4 rings (SSSR count). The van der Waals surface area contributed by atoms with Crippen molar-refractivity contribution >= 4 is 28.4 Å². The van der Waals surface area contributed by atoms with Gasteiger partial charge in [-0.05, 0) is 36.2 Å². The van der Waals surface area contributed by atoms with E-state index in [1.165, 1.54) is 24.3 Å². The Balaban J connectivity index is 1.57. The fraction of sp³-hybridized carbons (Fsp3) is 0.154. The van der Waals surface area contributed by atoms with Gasteiger partial charge in [0.25, 0.3) is 5.56 Å². The van der Waals surface area contributed by atoms with Gasteiger partial charge in [0, 0.05) is 6.54 Å². The second-order valence-corrected chi connectivity index (χ2v) is 7.89. The molecular weight excluding hydrogens is 451 g/mol. The van der Waals surface area contributed by atoms with E-state index in [0.717, 1.165) is 14.7 Å². The summed E-state index contributed by atoms with van der Waals surface area (Å²) in [4.78, 5) is 51.3. The smallest absolute Gasteiger partial charge is 0.332 e. The monoisotopic (exact) mass is 474 g/mol. The summed E-state index contributed by atoms with van der Waals surface area (Å²) < 4.78 is 15.8. The van der Waals surface area contributed by atoms with Crippen molar-refractivity contribution in [1.82, 2.24) is 14.5 Å². The first-order valence-electron chi connectivity index (χ1n) is 11.0. The van der Waals surface area contributed by atoms with Crippen LogP contribution in [0.1, 0.15) is 5.56 Å². The Hall–Kier alpha value is -4.53. The molecule has 1 aromatic heterocycles. The Labute approximate surface area is 199 Å². The summed E-state index contributed by atoms with van der Waals surface area (Å²) >= 11 is 0. The summed E-state index contributed by atoms with van der Waals surface area (Å²) in [5.41, 5.74) is -0.183. The van der Waals surface area contributed by atoms with E-state index in [-0.39, 0.29) is 16.6 Å². The van der Waals surface area contributed by atoms with Crippen LogP contribution < -0.4 is 21.9 Å². The molecule has 0 unspecified atom stereocenters. The lowest BCUT2D eigenvalue weighted by Gasteiger charge is -2.14. The van der Waals surface area contributed by atoms with Gasteiger partial charge in [-0.2, -0.15) is 0 Å². The van der Waals surface area contributed by atoms with Crippen LogP contribution in [-0.4, -0.2) is 27.5 Å². The first kappa shape index (κ1) is 23.6. The number of halogens is 1. The molecule has 0 aliphatic heterocycles. The Morgan fingerprint density at radius 1 is 0.771 bits per heavy atom. The fourth-order valence-corrected chi connectivity index (χ4v) is 3.75. The second kappa shape index (κ2) is 10.6. The highest BCUT2D eigenvalue weighted by Gasteiger charge is 2.17. The van der Waals surface area contributed by atoms with Gasteiger partial charge in [0.05, 0.1) is 16.6 Å². The van der Waals surface area contributed by atoms with Crippen LogP contribution >= 0.6 is 0 Å². The average Bonchev–Trinajstić information content (AvgIpc) is 2.86. The quantitative estimate of drug-likeness (QED) is 0.409. The van der Waals surface area contributed by atoms with E-state index in [0.29, 0.717) is 13.0 Å². The standard InChI is InChI=1S/C26H23FN4O4/c27-20-11-5-6-12-21(20)29-24(33)17-30-22-13-7-4-10-19(22)25(34)31(26(30)35)16-23(32)28-15-14-18-8-2-1-3-9-18/h1-13H,14-17H2,(H,28,32)(H,29,33). The minimum Gasteiger partial charge on any atom is -0.354 e. The molecule has 8 nitrogen and oxygen atoms in total. The lowest BCUT2D eigenvalue weighted by molar-refractivity contribution is -0.121. The van der Waals surface area contributed by atoms with E-state index in [4.69, 9.17) is 0 Å². The molecule has 2 amide bonds. The molecule has 0 bridgehead atoms. The maximum atomic E-state index is 13.9. The summed E-state index contributed by atoms with van der Waals surface area (Å²) in [7, 11) is 0. The molecule has 0 radical (unpaired) electrons.